The number of nitrogens with one attached hydrogen (secondary N) is 1. The van der Waals surface area contributed by atoms with Gasteiger partial charge >= 0.3 is 0 Å². The molecular weight excluding hydrogens is 330 g/mol. The molecule has 2 nitrogen and oxygen atoms in total. The summed E-state index contributed by atoms with van der Waals surface area (Å²) < 4.78 is 5.69. The van der Waals surface area contributed by atoms with E-state index in [1.165, 1.54) is 128 Å². The largest absolute Gasteiger partial charge is 0.366 e. The molecule has 2 heteroatoms. The summed E-state index contributed by atoms with van der Waals surface area (Å²) in [6.07, 6.45) is 28.0. The first-order valence-corrected chi connectivity index (χ1v) is 12.7. The summed E-state index contributed by atoms with van der Waals surface area (Å²) in [5.74, 6) is 0. The maximum atomic E-state index is 5.69. The van der Waals surface area contributed by atoms with E-state index in [1.54, 1.807) is 0 Å². The second kappa shape index (κ2) is 25.9. The molecule has 0 atom stereocenters. The van der Waals surface area contributed by atoms with Crippen molar-refractivity contribution in [2.75, 3.05) is 19.9 Å². The fourth-order valence-electron chi connectivity index (χ4n) is 3.65. The lowest BCUT2D eigenvalue weighted by atomic mass is 10.1. The number of rotatable bonds is 24. The van der Waals surface area contributed by atoms with Gasteiger partial charge in [-0.2, -0.15) is 0 Å². The Morgan fingerprint density at radius 3 is 1.26 bits per heavy atom. The number of hydrogen-bond acceptors (Lipinski definition) is 2. The molecule has 164 valence electrons. The van der Waals surface area contributed by atoms with Crippen LogP contribution in [0.4, 0.5) is 0 Å². The Balaban J connectivity index is 2.95. The summed E-state index contributed by atoms with van der Waals surface area (Å²) in [5, 5.41) is 3.42. The molecular formula is C25H53NO. The van der Waals surface area contributed by atoms with E-state index in [0.29, 0.717) is 0 Å². The first kappa shape index (κ1) is 26.9. The molecule has 0 aromatic rings. The third-order valence-corrected chi connectivity index (χ3v) is 5.55. The van der Waals surface area contributed by atoms with Crippen molar-refractivity contribution in [3.8, 4) is 0 Å². The minimum Gasteiger partial charge on any atom is -0.366 e. The van der Waals surface area contributed by atoms with Gasteiger partial charge in [0.1, 0.15) is 0 Å². The van der Waals surface area contributed by atoms with Crippen LogP contribution in [-0.2, 0) is 4.74 Å². The van der Waals surface area contributed by atoms with Crippen LogP contribution >= 0.6 is 0 Å². The first-order valence-electron chi connectivity index (χ1n) is 12.7. The van der Waals surface area contributed by atoms with Gasteiger partial charge in [-0.15, -0.1) is 0 Å². The Kier molecular flexibility index (Phi) is 25.8. The van der Waals surface area contributed by atoms with Crippen LogP contribution < -0.4 is 5.32 Å². The maximum absolute atomic E-state index is 5.69. The van der Waals surface area contributed by atoms with Gasteiger partial charge in [-0.3, -0.25) is 5.32 Å². The molecule has 0 saturated carbocycles. The van der Waals surface area contributed by atoms with Gasteiger partial charge in [0.15, 0.2) is 0 Å². The number of unbranched alkanes of at least 4 members (excludes halogenated alkanes) is 18. The van der Waals surface area contributed by atoms with Crippen LogP contribution in [0, 0.1) is 0 Å². The van der Waals surface area contributed by atoms with E-state index >= 15 is 0 Å². The van der Waals surface area contributed by atoms with Crippen molar-refractivity contribution < 1.29 is 4.74 Å². The second-order valence-corrected chi connectivity index (χ2v) is 8.42. The average molecular weight is 384 g/mol. The van der Waals surface area contributed by atoms with Crippen molar-refractivity contribution in [1.82, 2.24) is 5.32 Å². The van der Waals surface area contributed by atoms with Gasteiger partial charge < -0.3 is 4.74 Å². The third-order valence-electron chi connectivity index (χ3n) is 5.55. The summed E-state index contributed by atoms with van der Waals surface area (Å²) >= 11 is 0. The van der Waals surface area contributed by atoms with Gasteiger partial charge in [0.25, 0.3) is 0 Å². The highest BCUT2D eigenvalue weighted by molar-refractivity contribution is 4.50. The van der Waals surface area contributed by atoms with Gasteiger partial charge in [0, 0.05) is 6.61 Å². The standard InChI is InChI=1S/C25H53NO/c1-3-5-7-9-11-13-14-15-16-18-20-22-24-27-25-26-23-21-19-17-12-10-8-6-4-2/h26H,3-25H2,1-2H3. The third kappa shape index (κ3) is 25.9. The van der Waals surface area contributed by atoms with E-state index in [2.05, 4.69) is 19.2 Å². The molecule has 27 heavy (non-hydrogen) atoms. The Labute approximate surface area is 172 Å². The van der Waals surface area contributed by atoms with Crippen molar-refractivity contribution in [1.29, 1.82) is 0 Å². The average Bonchev–Trinajstić information content (AvgIpc) is 2.68. The molecule has 0 aliphatic rings. The molecule has 0 aromatic heterocycles. The maximum Gasteiger partial charge on any atom is 0.0965 e. The number of ether oxygens (including phenoxy) is 1. The van der Waals surface area contributed by atoms with E-state index in [4.69, 9.17) is 4.74 Å². The molecule has 0 heterocycles. The topological polar surface area (TPSA) is 21.3 Å². The zero-order valence-corrected chi connectivity index (χ0v) is 19.2. The molecule has 0 aromatic carbocycles. The lowest BCUT2D eigenvalue weighted by Gasteiger charge is -2.07. The molecule has 0 bridgehead atoms. The van der Waals surface area contributed by atoms with Crippen LogP contribution in [0.15, 0.2) is 0 Å². The predicted molar refractivity (Wildman–Crippen MR) is 123 cm³/mol. The van der Waals surface area contributed by atoms with Crippen molar-refractivity contribution >= 4 is 0 Å². The van der Waals surface area contributed by atoms with E-state index in [9.17, 15) is 0 Å². The van der Waals surface area contributed by atoms with Gasteiger partial charge in [-0.1, -0.05) is 129 Å². The molecule has 0 saturated heterocycles. The van der Waals surface area contributed by atoms with Crippen LogP contribution in [0.25, 0.3) is 0 Å². The summed E-state index contributed by atoms with van der Waals surface area (Å²) in [7, 11) is 0. The van der Waals surface area contributed by atoms with E-state index in [1.807, 2.05) is 0 Å². The highest BCUT2D eigenvalue weighted by atomic mass is 16.5. The molecule has 0 aliphatic heterocycles. The highest BCUT2D eigenvalue weighted by Crippen LogP contribution is 2.12. The quantitative estimate of drug-likeness (QED) is 0.133. The van der Waals surface area contributed by atoms with Gasteiger partial charge in [0.05, 0.1) is 6.73 Å². The van der Waals surface area contributed by atoms with Crippen LogP contribution in [0.3, 0.4) is 0 Å². The molecule has 0 amide bonds. The van der Waals surface area contributed by atoms with Crippen molar-refractivity contribution in [2.45, 2.75) is 142 Å². The zero-order valence-electron chi connectivity index (χ0n) is 19.2. The Morgan fingerprint density at radius 1 is 0.444 bits per heavy atom. The Hall–Kier alpha value is -0.0800. The van der Waals surface area contributed by atoms with Crippen LogP contribution in [0.2, 0.25) is 0 Å². The van der Waals surface area contributed by atoms with E-state index in [0.717, 1.165) is 19.9 Å². The summed E-state index contributed by atoms with van der Waals surface area (Å²) in [6, 6.07) is 0. The van der Waals surface area contributed by atoms with Crippen LogP contribution in [-0.4, -0.2) is 19.9 Å². The van der Waals surface area contributed by atoms with E-state index in [-0.39, 0.29) is 0 Å². The molecule has 0 unspecified atom stereocenters. The fourth-order valence-corrected chi connectivity index (χ4v) is 3.65. The predicted octanol–water partition coefficient (Wildman–Crippen LogP) is 8.39. The highest BCUT2D eigenvalue weighted by Gasteiger charge is 1.95. The fraction of sp³-hybridized carbons (Fsp3) is 1.00. The molecule has 0 rings (SSSR count). The zero-order chi connectivity index (χ0) is 19.7. The summed E-state index contributed by atoms with van der Waals surface area (Å²) in [6.45, 7) is 7.37. The first-order chi connectivity index (χ1) is 13.4. The van der Waals surface area contributed by atoms with Gasteiger partial charge in [-0.05, 0) is 19.4 Å². The lowest BCUT2D eigenvalue weighted by molar-refractivity contribution is 0.112. The van der Waals surface area contributed by atoms with Crippen molar-refractivity contribution in [3.63, 3.8) is 0 Å². The summed E-state index contributed by atoms with van der Waals surface area (Å²) in [4.78, 5) is 0. The van der Waals surface area contributed by atoms with E-state index < -0.39 is 0 Å². The Morgan fingerprint density at radius 2 is 0.815 bits per heavy atom. The van der Waals surface area contributed by atoms with Crippen LogP contribution in [0.1, 0.15) is 142 Å². The molecule has 0 fully saturated rings. The minimum absolute atomic E-state index is 0.745. The molecule has 0 spiro atoms. The second-order valence-electron chi connectivity index (χ2n) is 8.42. The van der Waals surface area contributed by atoms with Crippen molar-refractivity contribution in [2.24, 2.45) is 0 Å². The molecule has 0 radical (unpaired) electrons. The van der Waals surface area contributed by atoms with Crippen LogP contribution in [0.5, 0.6) is 0 Å². The smallest absolute Gasteiger partial charge is 0.0965 e. The van der Waals surface area contributed by atoms with Gasteiger partial charge in [0.2, 0.25) is 0 Å². The SMILES string of the molecule is CCCCCCCCCCCCCCOCNCCCCCCCCCC. The number of hydrogen-bond donors (Lipinski definition) is 1. The lowest BCUT2D eigenvalue weighted by Crippen LogP contribution is -2.19. The molecule has 0 aliphatic carbocycles. The summed E-state index contributed by atoms with van der Waals surface area (Å²) in [5.41, 5.74) is 0. The van der Waals surface area contributed by atoms with Crippen molar-refractivity contribution in [3.05, 3.63) is 0 Å². The normalized spacial score (nSPS) is 11.3. The molecule has 1 N–H and O–H groups in total. The minimum atomic E-state index is 0.745. The Bertz CT molecular complexity index is 220. The van der Waals surface area contributed by atoms with Gasteiger partial charge in [-0.25, -0.2) is 0 Å². The monoisotopic (exact) mass is 383 g/mol.